The first-order valence-electron chi connectivity index (χ1n) is 7.96. The van der Waals surface area contributed by atoms with Crippen LogP contribution in [-0.2, 0) is 10.0 Å². The van der Waals surface area contributed by atoms with E-state index in [1.54, 1.807) is 13.8 Å². The van der Waals surface area contributed by atoms with Gasteiger partial charge in [0.15, 0.2) is 0 Å². The predicted octanol–water partition coefficient (Wildman–Crippen LogP) is 3.60. The first-order chi connectivity index (χ1) is 12.0. The molecule has 1 N–H and O–H groups in total. The molecule has 26 heavy (non-hydrogen) atoms. The van der Waals surface area contributed by atoms with E-state index in [4.69, 9.17) is 11.6 Å². The fourth-order valence-electron chi connectivity index (χ4n) is 1.97. The van der Waals surface area contributed by atoms with Gasteiger partial charge in [0, 0.05) is 19.0 Å². The van der Waals surface area contributed by atoms with Crippen LogP contribution in [0.25, 0.3) is 0 Å². The molecule has 0 saturated carbocycles. The average molecular weight is 417 g/mol. The number of nitrogens with zero attached hydrogens (tertiary/aromatic N) is 3. The molecule has 0 aliphatic carbocycles. The molecule has 7 nitrogen and oxygen atoms in total. The predicted molar refractivity (Wildman–Crippen MR) is 103 cm³/mol. The van der Waals surface area contributed by atoms with Crippen LogP contribution in [0.1, 0.15) is 49.0 Å². The number of amides is 1. The summed E-state index contributed by atoms with van der Waals surface area (Å²) in [5.74, 6) is -0.340. The molecule has 1 aromatic heterocycles. The topological polar surface area (TPSA) is 92.3 Å². The second-order valence-corrected chi connectivity index (χ2v) is 9.72. The van der Waals surface area contributed by atoms with Gasteiger partial charge in [0.25, 0.3) is 5.91 Å². The third-order valence-electron chi connectivity index (χ3n) is 3.74. The average Bonchev–Trinajstić information content (AvgIpc) is 3.02. The first kappa shape index (κ1) is 20.8. The molecule has 1 heterocycles. The van der Waals surface area contributed by atoms with E-state index in [0.717, 1.165) is 5.01 Å². The normalized spacial score (nSPS) is 12.2. The maximum absolute atomic E-state index is 12.6. The van der Waals surface area contributed by atoms with Gasteiger partial charge in [-0.1, -0.05) is 36.8 Å². The maximum atomic E-state index is 12.6. The van der Waals surface area contributed by atoms with Crippen LogP contribution in [0, 0.1) is 0 Å². The summed E-state index contributed by atoms with van der Waals surface area (Å²) in [5, 5.41) is 11.8. The van der Waals surface area contributed by atoms with E-state index in [2.05, 4.69) is 15.5 Å². The summed E-state index contributed by atoms with van der Waals surface area (Å²) >= 11 is 7.37. The summed E-state index contributed by atoms with van der Waals surface area (Å²) in [7, 11) is -2.23. The van der Waals surface area contributed by atoms with Gasteiger partial charge in [0.1, 0.15) is 5.01 Å². The summed E-state index contributed by atoms with van der Waals surface area (Å²) in [6, 6.07) is 3.84. The fourth-order valence-corrected chi connectivity index (χ4v) is 4.30. The van der Waals surface area contributed by atoms with Crippen LogP contribution in [0.3, 0.4) is 0 Å². The largest absolute Gasteiger partial charge is 0.296 e. The summed E-state index contributed by atoms with van der Waals surface area (Å²) < 4.78 is 26.5. The molecule has 142 valence electrons. The minimum atomic E-state index is -3.72. The molecule has 2 aromatic rings. The van der Waals surface area contributed by atoms with Gasteiger partial charge in [-0.25, -0.2) is 8.42 Å². The summed E-state index contributed by atoms with van der Waals surface area (Å²) in [5.41, 5.74) is 0.0613. The molecule has 0 radical (unpaired) electrons. The van der Waals surface area contributed by atoms with Crippen LogP contribution in [-0.4, -0.2) is 41.9 Å². The lowest BCUT2D eigenvalue weighted by Gasteiger charge is -2.21. The summed E-state index contributed by atoms with van der Waals surface area (Å²) in [6.07, 6.45) is 0. The van der Waals surface area contributed by atoms with Gasteiger partial charge < -0.3 is 0 Å². The Balaban J connectivity index is 2.33. The second kappa shape index (κ2) is 7.99. The Labute approximate surface area is 162 Å². The zero-order valence-corrected chi connectivity index (χ0v) is 17.5. The zero-order valence-electron chi connectivity index (χ0n) is 15.1. The molecule has 0 aliphatic rings. The van der Waals surface area contributed by atoms with Gasteiger partial charge in [-0.05, 0) is 32.0 Å². The number of aromatic nitrogens is 2. The van der Waals surface area contributed by atoms with E-state index in [-0.39, 0.29) is 27.4 Å². The third-order valence-corrected chi connectivity index (χ3v) is 7.24. The summed E-state index contributed by atoms with van der Waals surface area (Å²) in [4.78, 5) is 12.5. The molecule has 10 heteroatoms. The summed E-state index contributed by atoms with van der Waals surface area (Å²) in [6.45, 7) is 7.48. The molecular weight excluding hydrogens is 396 g/mol. The monoisotopic (exact) mass is 416 g/mol. The SMILES string of the molecule is CC(C)c1nnc(NC(=O)c2cc(S(=O)(=O)N(C)C(C)C)ccc2Cl)s1. The number of nitrogens with one attached hydrogen (secondary N) is 1. The van der Waals surface area contributed by atoms with E-state index < -0.39 is 15.9 Å². The number of hydrogen-bond acceptors (Lipinski definition) is 6. The lowest BCUT2D eigenvalue weighted by molar-refractivity contribution is 0.102. The highest BCUT2D eigenvalue weighted by Gasteiger charge is 2.25. The molecule has 0 aliphatic heterocycles. The molecule has 0 saturated heterocycles. The number of sulfonamides is 1. The van der Waals surface area contributed by atoms with Crippen molar-refractivity contribution in [2.75, 3.05) is 12.4 Å². The molecule has 1 amide bonds. The minimum Gasteiger partial charge on any atom is -0.296 e. The Morgan fingerprint density at radius 1 is 1.23 bits per heavy atom. The fraction of sp³-hybridized carbons (Fsp3) is 0.438. The second-order valence-electron chi connectivity index (χ2n) is 6.31. The quantitative estimate of drug-likeness (QED) is 0.776. The third kappa shape index (κ3) is 4.40. The Morgan fingerprint density at radius 3 is 2.42 bits per heavy atom. The zero-order chi connectivity index (χ0) is 19.6. The Kier molecular flexibility index (Phi) is 6.38. The van der Waals surface area contributed by atoms with Gasteiger partial charge in [0.05, 0.1) is 15.5 Å². The van der Waals surface area contributed by atoms with Crippen molar-refractivity contribution >= 4 is 44.0 Å². The molecule has 0 atom stereocenters. The standard InChI is InChI=1S/C16H21ClN4O3S2/c1-9(2)15-19-20-16(25-15)18-14(22)12-8-11(6-7-13(12)17)26(23,24)21(5)10(3)4/h6-10H,1-5H3,(H,18,20,22). The van der Waals surface area contributed by atoms with Crippen LogP contribution in [0.4, 0.5) is 5.13 Å². The number of anilines is 1. The van der Waals surface area contributed by atoms with E-state index in [1.165, 1.54) is 40.9 Å². The molecule has 0 fully saturated rings. The van der Waals surface area contributed by atoms with Gasteiger partial charge in [-0.15, -0.1) is 10.2 Å². The molecule has 0 spiro atoms. The smallest absolute Gasteiger partial charge is 0.259 e. The number of halogens is 1. The highest BCUT2D eigenvalue weighted by atomic mass is 35.5. The molecule has 0 unspecified atom stereocenters. The van der Waals surface area contributed by atoms with E-state index in [9.17, 15) is 13.2 Å². The van der Waals surface area contributed by atoms with Crippen molar-refractivity contribution in [1.29, 1.82) is 0 Å². The highest BCUT2D eigenvalue weighted by Crippen LogP contribution is 2.26. The lowest BCUT2D eigenvalue weighted by atomic mass is 10.2. The number of carbonyl (C=O) groups excluding carboxylic acids is 1. The Hall–Kier alpha value is -1.55. The number of benzene rings is 1. The minimum absolute atomic E-state index is 0.00313. The van der Waals surface area contributed by atoms with Crippen LogP contribution >= 0.6 is 22.9 Å². The molecule has 2 rings (SSSR count). The molecular formula is C16H21ClN4O3S2. The van der Waals surface area contributed by atoms with Gasteiger partial charge in [-0.2, -0.15) is 4.31 Å². The number of carbonyl (C=O) groups is 1. The van der Waals surface area contributed by atoms with Crippen molar-refractivity contribution in [3.8, 4) is 0 Å². The van der Waals surface area contributed by atoms with Crippen molar-refractivity contribution in [3.63, 3.8) is 0 Å². The Bertz CT molecular complexity index is 910. The van der Waals surface area contributed by atoms with E-state index in [0.29, 0.717) is 5.13 Å². The van der Waals surface area contributed by atoms with Crippen molar-refractivity contribution in [2.24, 2.45) is 0 Å². The number of hydrogen-bond donors (Lipinski definition) is 1. The van der Waals surface area contributed by atoms with Crippen molar-refractivity contribution in [3.05, 3.63) is 33.8 Å². The van der Waals surface area contributed by atoms with Gasteiger partial charge >= 0.3 is 0 Å². The lowest BCUT2D eigenvalue weighted by Crippen LogP contribution is -2.33. The van der Waals surface area contributed by atoms with Crippen LogP contribution < -0.4 is 5.32 Å². The van der Waals surface area contributed by atoms with Crippen molar-refractivity contribution < 1.29 is 13.2 Å². The van der Waals surface area contributed by atoms with Crippen LogP contribution in [0.5, 0.6) is 0 Å². The Morgan fingerprint density at radius 2 is 1.88 bits per heavy atom. The van der Waals surface area contributed by atoms with Crippen molar-refractivity contribution in [1.82, 2.24) is 14.5 Å². The number of rotatable bonds is 6. The van der Waals surface area contributed by atoms with E-state index >= 15 is 0 Å². The first-order valence-corrected chi connectivity index (χ1v) is 10.6. The van der Waals surface area contributed by atoms with Crippen LogP contribution in [0.15, 0.2) is 23.1 Å². The van der Waals surface area contributed by atoms with Crippen LogP contribution in [0.2, 0.25) is 5.02 Å². The maximum Gasteiger partial charge on any atom is 0.259 e. The highest BCUT2D eigenvalue weighted by molar-refractivity contribution is 7.89. The van der Waals surface area contributed by atoms with Crippen molar-refractivity contribution in [2.45, 2.75) is 44.6 Å². The van der Waals surface area contributed by atoms with Gasteiger partial charge in [0.2, 0.25) is 15.2 Å². The molecule has 1 aromatic carbocycles. The van der Waals surface area contributed by atoms with E-state index in [1.807, 2.05) is 13.8 Å². The van der Waals surface area contributed by atoms with Gasteiger partial charge in [-0.3, -0.25) is 10.1 Å². The molecule has 0 bridgehead atoms.